The first-order valence-electron chi connectivity index (χ1n) is 11.6. The van der Waals surface area contributed by atoms with Gasteiger partial charge in [-0.25, -0.2) is 13.1 Å². The van der Waals surface area contributed by atoms with Crippen LogP contribution in [-0.2, 0) is 16.4 Å². The number of hydrogen-bond acceptors (Lipinski definition) is 5. The summed E-state index contributed by atoms with van der Waals surface area (Å²) in [5, 5.41) is 0.774. The molecule has 6 nitrogen and oxygen atoms in total. The first kappa shape index (κ1) is 24.3. The van der Waals surface area contributed by atoms with Crippen molar-refractivity contribution in [2.75, 3.05) is 27.3 Å². The molecule has 8 heteroatoms. The van der Waals surface area contributed by atoms with Gasteiger partial charge in [0.05, 0.1) is 19.1 Å². The van der Waals surface area contributed by atoms with Gasteiger partial charge in [0.15, 0.2) is 11.5 Å². The molecule has 0 aromatic heterocycles. The summed E-state index contributed by atoms with van der Waals surface area (Å²) in [4.78, 5) is 2.69. The third kappa shape index (κ3) is 5.83. The number of likely N-dealkylation sites (tertiary alicyclic amines) is 1. The molecular weight excluding hydrogens is 460 g/mol. The van der Waals surface area contributed by atoms with Gasteiger partial charge in [0.2, 0.25) is 10.0 Å². The Labute approximate surface area is 202 Å². The molecule has 0 bridgehead atoms. The van der Waals surface area contributed by atoms with Crippen molar-refractivity contribution in [3.8, 4) is 11.5 Å². The zero-order chi connectivity index (χ0) is 23.4. The molecule has 2 aliphatic rings. The van der Waals surface area contributed by atoms with Crippen LogP contribution in [0.2, 0.25) is 5.02 Å². The fraction of sp³-hybridized carbons (Fsp3) is 0.520. The Balaban J connectivity index is 1.36. The van der Waals surface area contributed by atoms with Crippen LogP contribution in [0.4, 0.5) is 0 Å². The average Bonchev–Trinajstić information content (AvgIpc) is 3.28. The summed E-state index contributed by atoms with van der Waals surface area (Å²) in [6.45, 7) is 2.02. The van der Waals surface area contributed by atoms with E-state index in [1.54, 1.807) is 12.1 Å². The number of nitrogens with one attached hydrogen (secondary N) is 1. The summed E-state index contributed by atoms with van der Waals surface area (Å²) in [5.41, 5.74) is 1.33. The molecule has 1 saturated heterocycles. The largest absolute Gasteiger partial charge is 0.493 e. The molecule has 0 radical (unpaired) electrons. The van der Waals surface area contributed by atoms with Crippen LogP contribution in [0.25, 0.3) is 0 Å². The second-order valence-corrected chi connectivity index (χ2v) is 11.2. The number of rotatable bonds is 8. The molecule has 2 atom stereocenters. The lowest BCUT2D eigenvalue weighted by Crippen LogP contribution is -2.51. The molecule has 0 spiro atoms. The van der Waals surface area contributed by atoms with Gasteiger partial charge >= 0.3 is 0 Å². The standard InChI is InChI=1S/C25H33ClN2O4S/c1-31-24-11-10-21(17-25(24)32-2)33(29,30)27-22-4-3-5-23(22)28-14-12-19(13-15-28)16-18-6-8-20(26)9-7-18/h6-11,17,19,22-23,27H,3-5,12-16H2,1-2H3/t22-,23-/m1/s1. The molecule has 1 N–H and O–H groups in total. The van der Waals surface area contributed by atoms with Gasteiger partial charge in [0.1, 0.15) is 0 Å². The van der Waals surface area contributed by atoms with E-state index in [9.17, 15) is 8.42 Å². The van der Waals surface area contributed by atoms with E-state index in [1.807, 2.05) is 12.1 Å². The predicted octanol–water partition coefficient (Wildman–Crippen LogP) is 4.51. The normalized spacial score (nSPS) is 22.4. The summed E-state index contributed by atoms with van der Waals surface area (Å²) < 4.78 is 39.8. The highest BCUT2D eigenvalue weighted by molar-refractivity contribution is 7.89. The van der Waals surface area contributed by atoms with E-state index in [2.05, 4.69) is 21.8 Å². The minimum absolute atomic E-state index is 0.0732. The minimum atomic E-state index is -3.65. The minimum Gasteiger partial charge on any atom is -0.493 e. The maximum Gasteiger partial charge on any atom is 0.241 e. The van der Waals surface area contributed by atoms with Gasteiger partial charge in [-0.3, -0.25) is 4.90 Å². The smallest absolute Gasteiger partial charge is 0.241 e. The van der Waals surface area contributed by atoms with Gasteiger partial charge in [0.25, 0.3) is 0 Å². The van der Waals surface area contributed by atoms with E-state index >= 15 is 0 Å². The highest BCUT2D eigenvalue weighted by Crippen LogP contribution is 2.32. The molecule has 1 aliphatic heterocycles. The molecular formula is C25H33ClN2O4S. The van der Waals surface area contributed by atoms with Gasteiger partial charge in [-0.15, -0.1) is 0 Å². The Hall–Kier alpha value is -1.80. The first-order chi connectivity index (χ1) is 15.9. The number of benzene rings is 2. The molecule has 2 fully saturated rings. The molecule has 1 saturated carbocycles. The molecule has 33 heavy (non-hydrogen) atoms. The van der Waals surface area contributed by atoms with Crippen LogP contribution in [-0.4, -0.2) is 52.7 Å². The van der Waals surface area contributed by atoms with Gasteiger partial charge in [-0.1, -0.05) is 30.2 Å². The van der Waals surface area contributed by atoms with Crippen LogP contribution < -0.4 is 14.2 Å². The Bertz CT molecular complexity index is 1040. The molecule has 2 aromatic rings. The average molecular weight is 493 g/mol. The zero-order valence-corrected chi connectivity index (χ0v) is 20.9. The monoisotopic (exact) mass is 492 g/mol. The summed E-state index contributed by atoms with van der Waals surface area (Å²) in [7, 11) is -0.612. The third-order valence-corrected chi connectivity index (χ3v) is 8.75. The van der Waals surface area contributed by atoms with Crippen LogP contribution in [0.5, 0.6) is 11.5 Å². The van der Waals surface area contributed by atoms with Crippen molar-refractivity contribution in [1.82, 2.24) is 9.62 Å². The van der Waals surface area contributed by atoms with Crippen LogP contribution in [0.1, 0.15) is 37.7 Å². The van der Waals surface area contributed by atoms with E-state index < -0.39 is 10.0 Å². The molecule has 0 unspecified atom stereocenters. The molecule has 2 aromatic carbocycles. The Kier molecular flexibility index (Phi) is 7.84. The van der Waals surface area contributed by atoms with Crippen LogP contribution in [0, 0.1) is 5.92 Å². The van der Waals surface area contributed by atoms with Crippen LogP contribution in [0.3, 0.4) is 0 Å². The van der Waals surface area contributed by atoms with Crippen LogP contribution in [0.15, 0.2) is 47.4 Å². The van der Waals surface area contributed by atoms with E-state index in [-0.39, 0.29) is 17.0 Å². The second-order valence-electron chi connectivity index (χ2n) is 9.05. The molecule has 0 amide bonds. The van der Waals surface area contributed by atoms with E-state index in [0.717, 1.165) is 56.6 Å². The van der Waals surface area contributed by atoms with E-state index in [4.69, 9.17) is 21.1 Å². The van der Waals surface area contributed by atoms with Gasteiger partial charge < -0.3 is 9.47 Å². The predicted molar refractivity (Wildman–Crippen MR) is 131 cm³/mol. The van der Waals surface area contributed by atoms with Crippen molar-refractivity contribution >= 4 is 21.6 Å². The molecule has 1 heterocycles. The fourth-order valence-corrected chi connectivity index (χ4v) is 6.65. The Morgan fingerprint density at radius 2 is 1.67 bits per heavy atom. The Morgan fingerprint density at radius 1 is 0.970 bits per heavy atom. The Morgan fingerprint density at radius 3 is 2.33 bits per heavy atom. The van der Waals surface area contributed by atoms with Crippen molar-refractivity contribution in [2.45, 2.75) is 55.5 Å². The number of nitrogens with zero attached hydrogens (tertiary/aromatic N) is 1. The van der Waals surface area contributed by atoms with Gasteiger partial charge in [-0.05, 0) is 80.9 Å². The summed E-state index contributed by atoms with van der Waals surface area (Å²) in [5.74, 6) is 1.58. The number of piperidine rings is 1. The third-order valence-electron chi connectivity index (χ3n) is 7.01. The number of sulfonamides is 1. The summed E-state index contributed by atoms with van der Waals surface area (Å²) >= 11 is 6.01. The summed E-state index contributed by atoms with van der Waals surface area (Å²) in [6, 6.07) is 13.0. The summed E-state index contributed by atoms with van der Waals surface area (Å²) in [6.07, 6.45) is 6.27. The maximum absolute atomic E-state index is 13.1. The quantitative estimate of drug-likeness (QED) is 0.587. The lowest BCUT2D eigenvalue weighted by Gasteiger charge is -2.38. The number of methoxy groups -OCH3 is 2. The fourth-order valence-electron chi connectivity index (χ4n) is 5.21. The van der Waals surface area contributed by atoms with Crippen molar-refractivity contribution in [3.63, 3.8) is 0 Å². The van der Waals surface area contributed by atoms with E-state index in [1.165, 1.54) is 25.8 Å². The molecule has 4 rings (SSSR count). The SMILES string of the molecule is COc1ccc(S(=O)(=O)N[C@@H]2CCC[C@H]2N2CCC(Cc3ccc(Cl)cc3)CC2)cc1OC. The first-order valence-corrected chi connectivity index (χ1v) is 13.5. The lowest BCUT2D eigenvalue weighted by molar-refractivity contribution is 0.122. The number of hydrogen-bond donors (Lipinski definition) is 1. The van der Waals surface area contributed by atoms with Crippen molar-refractivity contribution < 1.29 is 17.9 Å². The van der Waals surface area contributed by atoms with Gasteiger partial charge in [0, 0.05) is 23.2 Å². The highest BCUT2D eigenvalue weighted by Gasteiger charge is 2.36. The number of halogens is 1. The molecule has 1 aliphatic carbocycles. The topological polar surface area (TPSA) is 67.9 Å². The van der Waals surface area contributed by atoms with Crippen molar-refractivity contribution in [2.24, 2.45) is 5.92 Å². The highest BCUT2D eigenvalue weighted by atomic mass is 35.5. The second kappa shape index (κ2) is 10.6. The molecule has 180 valence electrons. The van der Waals surface area contributed by atoms with Gasteiger partial charge in [-0.2, -0.15) is 0 Å². The number of ether oxygens (including phenoxy) is 2. The van der Waals surface area contributed by atoms with Crippen molar-refractivity contribution in [3.05, 3.63) is 53.1 Å². The lowest BCUT2D eigenvalue weighted by atomic mass is 9.89. The van der Waals surface area contributed by atoms with E-state index in [0.29, 0.717) is 17.4 Å². The van der Waals surface area contributed by atoms with Crippen LogP contribution >= 0.6 is 11.6 Å². The maximum atomic E-state index is 13.1. The van der Waals surface area contributed by atoms with Crippen molar-refractivity contribution in [1.29, 1.82) is 0 Å². The zero-order valence-electron chi connectivity index (χ0n) is 19.3.